The van der Waals surface area contributed by atoms with Crippen LogP contribution in [0.5, 0.6) is 0 Å². The molecule has 0 bridgehead atoms. The summed E-state index contributed by atoms with van der Waals surface area (Å²) in [7, 11) is 0. The zero-order chi connectivity index (χ0) is 18.3. The maximum Gasteiger partial charge on any atom is 0.173 e. The SMILES string of the molecule is CC1CCCC(Nc2c(-c3ccc(F)cc3)nc3c(C#N)c[nH]n23)C1C. The minimum Gasteiger partial charge on any atom is -0.365 e. The van der Waals surface area contributed by atoms with Gasteiger partial charge in [0.25, 0.3) is 0 Å². The largest absolute Gasteiger partial charge is 0.365 e. The Hall–Kier alpha value is -2.81. The van der Waals surface area contributed by atoms with Crippen molar-refractivity contribution in [3.63, 3.8) is 0 Å². The number of hydrogen-bond acceptors (Lipinski definition) is 3. The number of fused-ring (bicyclic) bond motifs is 1. The molecule has 1 saturated carbocycles. The van der Waals surface area contributed by atoms with Crippen molar-refractivity contribution in [2.75, 3.05) is 5.32 Å². The van der Waals surface area contributed by atoms with Crippen molar-refractivity contribution in [3.05, 3.63) is 41.8 Å². The third-order valence-corrected chi connectivity index (χ3v) is 5.72. The summed E-state index contributed by atoms with van der Waals surface area (Å²) in [5.41, 5.74) is 2.64. The smallest absolute Gasteiger partial charge is 0.173 e. The van der Waals surface area contributed by atoms with Crippen molar-refractivity contribution >= 4 is 11.5 Å². The number of aromatic nitrogens is 3. The van der Waals surface area contributed by atoms with Crippen LogP contribution in [0, 0.1) is 29.0 Å². The molecule has 1 aliphatic carbocycles. The highest BCUT2D eigenvalue weighted by molar-refractivity contribution is 5.78. The van der Waals surface area contributed by atoms with Crippen molar-refractivity contribution in [1.29, 1.82) is 5.26 Å². The Bertz CT molecular complexity index is 963. The Morgan fingerprint density at radius 2 is 2.04 bits per heavy atom. The van der Waals surface area contributed by atoms with Crippen LogP contribution >= 0.6 is 0 Å². The van der Waals surface area contributed by atoms with Crippen molar-refractivity contribution in [3.8, 4) is 17.3 Å². The maximum absolute atomic E-state index is 13.3. The molecule has 3 atom stereocenters. The number of nitrogens with one attached hydrogen (secondary N) is 2. The average Bonchev–Trinajstić information content (AvgIpc) is 3.19. The normalized spacial score (nSPS) is 23.1. The summed E-state index contributed by atoms with van der Waals surface area (Å²) in [6.07, 6.45) is 5.22. The summed E-state index contributed by atoms with van der Waals surface area (Å²) >= 11 is 0. The van der Waals surface area contributed by atoms with Gasteiger partial charge < -0.3 is 5.32 Å². The zero-order valence-corrected chi connectivity index (χ0v) is 15.0. The van der Waals surface area contributed by atoms with Crippen LogP contribution in [0.3, 0.4) is 0 Å². The first kappa shape index (κ1) is 16.6. The van der Waals surface area contributed by atoms with E-state index in [4.69, 9.17) is 0 Å². The molecule has 6 heteroatoms. The fourth-order valence-corrected chi connectivity index (χ4v) is 3.91. The molecule has 26 heavy (non-hydrogen) atoms. The lowest BCUT2D eigenvalue weighted by Gasteiger charge is -2.35. The highest BCUT2D eigenvalue weighted by atomic mass is 19.1. The molecule has 134 valence electrons. The van der Waals surface area contributed by atoms with Gasteiger partial charge in [-0.25, -0.2) is 13.9 Å². The third-order valence-electron chi connectivity index (χ3n) is 5.72. The van der Waals surface area contributed by atoms with Gasteiger partial charge in [0.1, 0.15) is 23.1 Å². The van der Waals surface area contributed by atoms with Crippen molar-refractivity contribution in [2.45, 2.75) is 39.2 Å². The molecule has 2 aromatic heterocycles. The van der Waals surface area contributed by atoms with E-state index in [1.807, 2.05) is 4.52 Å². The van der Waals surface area contributed by atoms with Crippen LogP contribution in [-0.2, 0) is 0 Å². The predicted octanol–water partition coefficient (Wildman–Crippen LogP) is 4.58. The summed E-state index contributed by atoms with van der Waals surface area (Å²) in [4.78, 5) is 4.68. The molecule has 5 nitrogen and oxygen atoms in total. The lowest BCUT2D eigenvalue weighted by atomic mass is 9.78. The lowest BCUT2D eigenvalue weighted by Crippen LogP contribution is -2.35. The molecule has 1 aliphatic rings. The Kier molecular flexibility index (Phi) is 4.15. The second-order valence-electron chi connectivity index (χ2n) is 7.29. The van der Waals surface area contributed by atoms with Gasteiger partial charge in [0, 0.05) is 17.8 Å². The highest BCUT2D eigenvalue weighted by Crippen LogP contribution is 2.35. The number of H-pyrrole nitrogens is 1. The molecule has 2 heterocycles. The summed E-state index contributed by atoms with van der Waals surface area (Å²) in [6.45, 7) is 4.58. The number of hydrogen-bond donors (Lipinski definition) is 2. The third kappa shape index (κ3) is 2.74. The van der Waals surface area contributed by atoms with Crippen LogP contribution in [0.2, 0.25) is 0 Å². The van der Waals surface area contributed by atoms with E-state index in [9.17, 15) is 9.65 Å². The molecule has 0 spiro atoms. The molecule has 0 saturated heterocycles. The predicted molar refractivity (Wildman–Crippen MR) is 99.2 cm³/mol. The van der Waals surface area contributed by atoms with Gasteiger partial charge in [-0.2, -0.15) is 5.26 Å². The van der Waals surface area contributed by atoms with Crippen LogP contribution < -0.4 is 5.32 Å². The van der Waals surface area contributed by atoms with E-state index in [2.05, 4.69) is 35.3 Å². The molecule has 3 unspecified atom stereocenters. The zero-order valence-electron chi connectivity index (χ0n) is 15.0. The first-order valence-corrected chi connectivity index (χ1v) is 9.11. The van der Waals surface area contributed by atoms with Crippen LogP contribution in [-0.4, -0.2) is 20.6 Å². The summed E-state index contributed by atoms with van der Waals surface area (Å²) in [5.74, 6) is 1.76. The molecular weight excluding hydrogens is 329 g/mol. The van der Waals surface area contributed by atoms with Crippen LogP contribution in [0.4, 0.5) is 10.2 Å². The van der Waals surface area contributed by atoms with Crippen molar-refractivity contribution in [2.24, 2.45) is 11.8 Å². The van der Waals surface area contributed by atoms with E-state index in [0.717, 1.165) is 23.5 Å². The van der Waals surface area contributed by atoms with Gasteiger partial charge in [0.05, 0.1) is 0 Å². The van der Waals surface area contributed by atoms with E-state index < -0.39 is 0 Å². The molecular formula is C20H22FN5. The van der Waals surface area contributed by atoms with E-state index in [1.165, 1.54) is 25.0 Å². The Morgan fingerprint density at radius 1 is 1.27 bits per heavy atom. The topological polar surface area (TPSA) is 68.9 Å². The molecule has 2 N–H and O–H groups in total. The van der Waals surface area contributed by atoms with Crippen LogP contribution in [0.15, 0.2) is 30.5 Å². The monoisotopic (exact) mass is 351 g/mol. The van der Waals surface area contributed by atoms with Gasteiger partial charge in [-0.3, -0.25) is 5.10 Å². The first-order valence-electron chi connectivity index (χ1n) is 9.11. The molecule has 3 aromatic rings. The van der Waals surface area contributed by atoms with E-state index >= 15 is 0 Å². The lowest BCUT2D eigenvalue weighted by molar-refractivity contribution is 0.252. The van der Waals surface area contributed by atoms with Crippen LogP contribution in [0.25, 0.3) is 16.9 Å². The number of rotatable bonds is 3. The number of nitrogens with zero attached hydrogens (tertiary/aromatic N) is 3. The Morgan fingerprint density at radius 3 is 2.77 bits per heavy atom. The standard InChI is InChI=1S/C20H22FN5/c1-12-4-3-5-17(13(12)2)24-20-18(14-6-8-16(21)9-7-14)25-19-15(10-22)11-23-26(19)20/h6-9,11-13,17,23-24H,3-5H2,1-2H3. The van der Waals surface area contributed by atoms with Gasteiger partial charge in [-0.1, -0.05) is 26.7 Å². The molecule has 0 radical (unpaired) electrons. The molecule has 1 fully saturated rings. The second kappa shape index (κ2) is 6.49. The summed E-state index contributed by atoms with van der Waals surface area (Å²) < 4.78 is 15.2. The van der Waals surface area contributed by atoms with Gasteiger partial charge in [0.2, 0.25) is 0 Å². The van der Waals surface area contributed by atoms with E-state index in [1.54, 1.807) is 18.3 Å². The highest BCUT2D eigenvalue weighted by Gasteiger charge is 2.29. The molecule has 1 aromatic carbocycles. The van der Waals surface area contributed by atoms with Crippen molar-refractivity contribution in [1.82, 2.24) is 14.6 Å². The molecule has 4 rings (SSSR count). The van der Waals surface area contributed by atoms with Crippen molar-refractivity contribution < 1.29 is 4.39 Å². The van der Waals surface area contributed by atoms with Gasteiger partial charge in [-0.05, 0) is 42.5 Å². The number of aromatic amines is 1. The minimum atomic E-state index is -0.277. The van der Waals surface area contributed by atoms with Crippen LogP contribution in [0.1, 0.15) is 38.7 Å². The molecule has 0 amide bonds. The average molecular weight is 351 g/mol. The van der Waals surface area contributed by atoms with Gasteiger partial charge >= 0.3 is 0 Å². The maximum atomic E-state index is 13.3. The second-order valence-corrected chi connectivity index (χ2v) is 7.29. The van der Waals surface area contributed by atoms with Gasteiger partial charge in [-0.15, -0.1) is 0 Å². The minimum absolute atomic E-state index is 0.277. The quantitative estimate of drug-likeness (QED) is 0.726. The Labute approximate surface area is 151 Å². The van der Waals surface area contributed by atoms with E-state index in [-0.39, 0.29) is 5.82 Å². The first-order chi connectivity index (χ1) is 12.6. The number of imidazole rings is 1. The molecule has 0 aliphatic heterocycles. The summed E-state index contributed by atoms with van der Waals surface area (Å²) in [5, 5.41) is 16.1. The fraction of sp³-hybridized carbons (Fsp3) is 0.400. The number of benzene rings is 1. The number of nitriles is 1. The fourth-order valence-electron chi connectivity index (χ4n) is 3.91. The summed E-state index contributed by atoms with van der Waals surface area (Å²) in [6, 6.07) is 8.82. The van der Waals surface area contributed by atoms with Gasteiger partial charge in [0.15, 0.2) is 11.5 Å². The van der Waals surface area contributed by atoms with E-state index in [0.29, 0.717) is 29.1 Å². The number of halogens is 1. The number of anilines is 1. The Balaban J connectivity index is 1.80.